The fourth-order valence-corrected chi connectivity index (χ4v) is 19.5. The van der Waals surface area contributed by atoms with Crippen LogP contribution in [0.2, 0.25) is 0 Å². The van der Waals surface area contributed by atoms with Crippen molar-refractivity contribution in [2.45, 2.75) is 35.5 Å². The summed E-state index contributed by atoms with van der Waals surface area (Å²) >= 11 is -0.687. The summed E-state index contributed by atoms with van der Waals surface area (Å²) in [5.41, 5.74) is 0. The summed E-state index contributed by atoms with van der Waals surface area (Å²) in [6.45, 7) is 10.5. The van der Waals surface area contributed by atoms with Gasteiger partial charge in [-0.05, 0) is 20.8 Å². The molecule has 0 spiro atoms. The van der Waals surface area contributed by atoms with E-state index in [4.69, 9.17) is 2.52 Å². The molecule has 0 unspecified atom stereocenters. The van der Waals surface area contributed by atoms with Crippen LogP contribution in [0.4, 0.5) is 0 Å². The molecule has 0 aromatic heterocycles. The van der Waals surface area contributed by atoms with Crippen molar-refractivity contribution in [1.82, 2.24) is 0 Å². The summed E-state index contributed by atoms with van der Waals surface area (Å²) in [4.78, 5) is 5.42. The molecule has 0 saturated heterocycles. The van der Waals surface area contributed by atoms with Crippen molar-refractivity contribution in [2.75, 3.05) is 19.6 Å². The number of hydrogen-bond acceptors (Lipinski definition) is 5. The molecule has 167 valence electrons. The first-order valence-electron chi connectivity index (χ1n) is 10.3. The van der Waals surface area contributed by atoms with Crippen LogP contribution in [-0.4, -0.2) is 42.5 Å². The molecule has 0 bridgehead atoms. The van der Waals surface area contributed by atoms with E-state index in [1.807, 2.05) is 36.1 Å². The van der Waals surface area contributed by atoms with Gasteiger partial charge in [0, 0.05) is 0 Å². The van der Waals surface area contributed by atoms with E-state index in [9.17, 15) is 0 Å². The topological polar surface area (TPSA) is 43.7 Å². The Hall–Kier alpha value is -0.611. The molecule has 1 radical (unpaired) electrons. The van der Waals surface area contributed by atoms with Gasteiger partial charge in [-0.25, -0.2) is 0 Å². The summed E-state index contributed by atoms with van der Waals surface area (Å²) in [5.74, 6) is 0. The van der Waals surface area contributed by atoms with Crippen LogP contribution in [0.1, 0.15) is 20.8 Å². The van der Waals surface area contributed by atoms with Crippen molar-refractivity contribution in [3.05, 3.63) is 91.0 Å². The zero-order valence-electron chi connectivity index (χ0n) is 18.4. The maximum absolute atomic E-state index is 6.28. The number of hydrogen-bond donors (Lipinski definition) is 1. The summed E-state index contributed by atoms with van der Waals surface area (Å²) < 4.78 is 6.28. The Morgan fingerprint density at radius 2 is 0.968 bits per heavy atom. The van der Waals surface area contributed by atoms with Gasteiger partial charge in [0.25, 0.3) is 0 Å². The van der Waals surface area contributed by atoms with Gasteiger partial charge in [-0.1, -0.05) is 0 Å². The Morgan fingerprint density at radius 3 is 1.29 bits per heavy atom. The summed E-state index contributed by atoms with van der Waals surface area (Å²) in [7, 11) is 3.84. The number of benzene rings is 3. The predicted molar refractivity (Wildman–Crippen MR) is 138 cm³/mol. The minimum atomic E-state index is -2.20. The molecule has 0 heterocycles. The Labute approximate surface area is 205 Å². The predicted octanol–water partition coefficient (Wildman–Crippen LogP) is 6.03. The molecule has 3 rings (SSSR count). The fourth-order valence-electron chi connectivity index (χ4n) is 2.53. The number of quaternary nitrogens is 1. The first-order chi connectivity index (χ1) is 14.7. The van der Waals surface area contributed by atoms with Crippen LogP contribution in [0, 0.1) is 0 Å². The van der Waals surface area contributed by atoms with Gasteiger partial charge in [0.2, 0.25) is 0 Å². The molecule has 0 aliphatic rings. The third-order valence-corrected chi connectivity index (χ3v) is 21.2. The molecule has 3 nitrogen and oxygen atoms in total. The molecule has 31 heavy (non-hydrogen) atoms. The van der Waals surface area contributed by atoms with Gasteiger partial charge in [-0.3, -0.25) is 0 Å². The monoisotopic (exact) mass is 582 g/mol. The van der Waals surface area contributed by atoms with E-state index in [0.29, 0.717) is 0 Å². The first-order valence-corrected chi connectivity index (χ1v) is 20.8. The summed E-state index contributed by atoms with van der Waals surface area (Å²) in [6, 6.07) is 31.4. The molecule has 0 aliphatic carbocycles. The van der Waals surface area contributed by atoms with E-state index >= 15 is 0 Å². The van der Waals surface area contributed by atoms with Crippen LogP contribution in [0.25, 0.3) is 0 Å². The van der Waals surface area contributed by atoms with E-state index in [1.165, 1.54) is 41.5 Å². The van der Waals surface area contributed by atoms with E-state index < -0.39 is 17.4 Å². The molecule has 0 amide bonds. The molecule has 7 heteroatoms. The first kappa shape index (κ1) is 28.4. The Bertz CT molecular complexity index is 747. The van der Waals surface area contributed by atoms with Gasteiger partial charge in [0.15, 0.2) is 0 Å². The molecule has 0 aliphatic heterocycles. The van der Waals surface area contributed by atoms with Crippen LogP contribution in [0.5, 0.6) is 0 Å². The standard InChI is InChI=1S/C6H15N.C6H6OS.2C6H6S.H2O.Sn/c1-4-7(5-2)6-3;7-8-6-4-2-1-3-5-6;2*7-6-4-2-1-3-5-6;;/h4-6H2,1-3H3;1-5,7H;2*1-5,7H;1H2;/q;;;;;+3/p-3. The van der Waals surface area contributed by atoms with Crippen molar-refractivity contribution in [3.63, 3.8) is 0 Å². The van der Waals surface area contributed by atoms with Gasteiger partial charge in [0.1, 0.15) is 0 Å². The van der Waals surface area contributed by atoms with Crippen LogP contribution in [-0.2, 0) is 2.52 Å². The molecule has 2 N–H and O–H groups in total. The zero-order chi connectivity index (χ0) is 21.4. The second-order valence-corrected chi connectivity index (χ2v) is 21.6. The third-order valence-electron chi connectivity index (χ3n) is 4.34. The van der Waals surface area contributed by atoms with Crippen molar-refractivity contribution < 1.29 is 12.9 Å². The van der Waals surface area contributed by atoms with Gasteiger partial charge in [-0.2, -0.15) is 0 Å². The van der Waals surface area contributed by atoms with Gasteiger partial charge in [-0.15, -0.1) is 0 Å². The van der Waals surface area contributed by atoms with Crippen LogP contribution in [0.15, 0.2) is 106 Å². The average molecular weight is 581 g/mol. The maximum atomic E-state index is 6.28. The second kappa shape index (κ2) is 17.9. The minimum absolute atomic E-state index is 0. The fraction of sp³-hybridized carbons (Fsp3) is 0.250. The molecule has 0 saturated carbocycles. The number of rotatable bonds is 10. The Morgan fingerprint density at radius 1 is 0.613 bits per heavy atom. The second-order valence-electron chi connectivity index (χ2n) is 6.37. The molecule has 3 aromatic carbocycles. The van der Waals surface area contributed by atoms with Gasteiger partial charge >= 0.3 is 156 Å². The van der Waals surface area contributed by atoms with E-state index in [2.05, 4.69) is 93.6 Å². The van der Waals surface area contributed by atoms with E-state index in [1.54, 1.807) is 4.90 Å². The summed E-state index contributed by atoms with van der Waals surface area (Å²) in [5, 5.41) is 0. The quantitative estimate of drug-likeness (QED) is 0.234. The van der Waals surface area contributed by atoms with Gasteiger partial charge < -0.3 is 10.4 Å². The van der Waals surface area contributed by atoms with Crippen molar-refractivity contribution in [2.24, 2.45) is 0 Å². The molecular formula is C24H32NO2S3Sn. The Kier molecular flexibility index (Phi) is 16.4. The third kappa shape index (κ3) is 12.3. The zero-order valence-corrected chi connectivity index (χ0v) is 23.7. The van der Waals surface area contributed by atoms with Crippen LogP contribution < -0.4 is 4.90 Å². The SMILES string of the molecule is CC[NH+](CC)CC.[OH-].c1ccc(S[O][Sn]([S]c2ccccc2)[S]c2ccccc2)cc1. The number of nitrogens with one attached hydrogen (secondary N) is 1. The van der Waals surface area contributed by atoms with E-state index in [-0.39, 0.29) is 5.48 Å². The molecule has 0 atom stereocenters. The Balaban J connectivity index is 0.000000523. The molecule has 0 fully saturated rings. The van der Waals surface area contributed by atoms with Gasteiger partial charge in [0.05, 0.1) is 19.6 Å². The summed E-state index contributed by atoms with van der Waals surface area (Å²) in [6.07, 6.45) is 0. The normalized spacial score (nSPS) is 10.4. The van der Waals surface area contributed by atoms with Crippen molar-refractivity contribution >= 4 is 47.3 Å². The molecular weight excluding hydrogens is 549 g/mol. The van der Waals surface area contributed by atoms with Crippen LogP contribution in [0.3, 0.4) is 0 Å². The average Bonchev–Trinajstić information content (AvgIpc) is 2.81. The van der Waals surface area contributed by atoms with Crippen molar-refractivity contribution in [1.29, 1.82) is 0 Å². The van der Waals surface area contributed by atoms with Crippen LogP contribution >= 0.6 is 29.9 Å². The molecule has 3 aromatic rings. The van der Waals surface area contributed by atoms with E-state index in [0.717, 1.165) is 4.90 Å². The van der Waals surface area contributed by atoms with Crippen molar-refractivity contribution in [3.8, 4) is 0 Å².